The number of rotatable bonds is 2. The molecule has 1 aromatic carbocycles. The topological polar surface area (TPSA) is 46.2 Å². The minimum absolute atomic E-state index is 0.0403. The van der Waals surface area contributed by atoms with Gasteiger partial charge in [-0.3, -0.25) is 4.72 Å². The maximum atomic E-state index is 12.9. The molecule has 0 bridgehead atoms. The number of hydrogen-bond acceptors (Lipinski definition) is 2. The Morgan fingerprint density at radius 2 is 2.00 bits per heavy atom. The van der Waals surface area contributed by atoms with E-state index in [1.54, 1.807) is 0 Å². The highest BCUT2D eigenvalue weighted by molar-refractivity contribution is 7.92. The molecule has 0 aliphatic carbocycles. The maximum absolute atomic E-state index is 12.9. The Morgan fingerprint density at radius 1 is 1.43 bits per heavy atom. The van der Waals surface area contributed by atoms with Gasteiger partial charge < -0.3 is 0 Å². The van der Waals surface area contributed by atoms with Crippen LogP contribution in [0.3, 0.4) is 0 Å². The predicted octanol–water partition coefficient (Wildman–Crippen LogP) is 2.16. The Balaban J connectivity index is 3.17. The van der Waals surface area contributed by atoms with Crippen LogP contribution in [0.2, 0.25) is 5.02 Å². The van der Waals surface area contributed by atoms with Crippen LogP contribution in [0.25, 0.3) is 0 Å². The monoisotopic (exact) mass is 237 g/mol. The Kier molecular flexibility index (Phi) is 3.01. The van der Waals surface area contributed by atoms with Crippen molar-refractivity contribution in [2.75, 3.05) is 11.0 Å². The molecule has 3 nitrogen and oxygen atoms in total. The molecule has 0 fully saturated rings. The van der Waals surface area contributed by atoms with Crippen LogP contribution in [0.15, 0.2) is 12.1 Å². The van der Waals surface area contributed by atoms with E-state index < -0.39 is 15.8 Å². The summed E-state index contributed by atoms with van der Waals surface area (Å²) in [6.45, 7) is 1.53. The van der Waals surface area contributed by atoms with Gasteiger partial charge in [-0.2, -0.15) is 0 Å². The summed E-state index contributed by atoms with van der Waals surface area (Å²) in [7, 11) is -3.39. The Labute approximate surface area is 86.9 Å². The summed E-state index contributed by atoms with van der Waals surface area (Å²) in [5, 5.41) is 0.0403. The van der Waals surface area contributed by atoms with Crippen molar-refractivity contribution in [3.05, 3.63) is 28.5 Å². The van der Waals surface area contributed by atoms with Gasteiger partial charge in [0.25, 0.3) is 0 Å². The second-order valence-corrected chi connectivity index (χ2v) is 5.11. The molecule has 0 spiro atoms. The van der Waals surface area contributed by atoms with Gasteiger partial charge in [0.15, 0.2) is 0 Å². The van der Waals surface area contributed by atoms with Crippen LogP contribution in [-0.2, 0) is 10.0 Å². The third-order valence-corrected chi connectivity index (χ3v) is 2.45. The number of hydrogen-bond donors (Lipinski definition) is 1. The second-order valence-electron chi connectivity index (χ2n) is 2.96. The lowest BCUT2D eigenvalue weighted by Gasteiger charge is -2.07. The minimum Gasteiger partial charge on any atom is -0.282 e. The molecule has 1 rings (SSSR count). The molecule has 6 heteroatoms. The van der Waals surface area contributed by atoms with E-state index in [0.717, 1.165) is 12.3 Å². The van der Waals surface area contributed by atoms with Crippen molar-refractivity contribution in [2.45, 2.75) is 6.92 Å². The van der Waals surface area contributed by atoms with E-state index in [1.165, 1.54) is 13.0 Å². The molecule has 0 aromatic heterocycles. The zero-order valence-electron chi connectivity index (χ0n) is 7.64. The molecule has 0 saturated heterocycles. The highest BCUT2D eigenvalue weighted by Gasteiger charge is 2.09. The van der Waals surface area contributed by atoms with Crippen LogP contribution in [0, 0.1) is 12.7 Å². The predicted molar refractivity (Wildman–Crippen MR) is 54.6 cm³/mol. The fourth-order valence-corrected chi connectivity index (χ4v) is 1.76. The van der Waals surface area contributed by atoms with Crippen LogP contribution < -0.4 is 4.72 Å². The van der Waals surface area contributed by atoms with Gasteiger partial charge in [-0.15, -0.1) is 0 Å². The minimum atomic E-state index is -3.39. The summed E-state index contributed by atoms with van der Waals surface area (Å²) < 4.78 is 36.9. The van der Waals surface area contributed by atoms with Crippen LogP contribution in [-0.4, -0.2) is 14.7 Å². The third kappa shape index (κ3) is 2.85. The van der Waals surface area contributed by atoms with Gasteiger partial charge in [0.1, 0.15) is 5.82 Å². The fraction of sp³-hybridized carbons (Fsp3) is 0.250. The molecular weight excluding hydrogens is 229 g/mol. The Morgan fingerprint density at radius 3 is 2.50 bits per heavy atom. The van der Waals surface area contributed by atoms with E-state index in [4.69, 9.17) is 11.6 Å². The molecule has 0 heterocycles. The molecular formula is C8H9ClFNO2S. The first-order chi connectivity index (χ1) is 6.29. The Hall–Kier alpha value is -0.810. The van der Waals surface area contributed by atoms with Crippen molar-refractivity contribution in [2.24, 2.45) is 0 Å². The second kappa shape index (κ2) is 3.74. The van der Waals surface area contributed by atoms with Crippen molar-refractivity contribution in [1.82, 2.24) is 0 Å². The van der Waals surface area contributed by atoms with E-state index in [2.05, 4.69) is 4.72 Å². The summed E-state index contributed by atoms with van der Waals surface area (Å²) in [4.78, 5) is 0. The first kappa shape index (κ1) is 11.3. The molecule has 0 saturated carbocycles. The van der Waals surface area contributed by atoms with Gasteiger partial charge in [-0.05, 0) is 24.6 Å². The molecule has 1 N–H and O–H groups in total. The van der Waals surface area contributed by atoms with E-state index in [1.807, 2.05) is 0 Å². The molecule has 14 heavy (non-hydrogen) atoms. The zero-order valence-corrected chi connectivity index (χ0v) is 9.21. The summed E-state index contributed by atoms with van der Waals surface area (Å²) in [5.74, 6) is -0.464. The molecule has 0 aliphatic rings. The van der Waals surface area contributed by atoms with Gasteiger partial charge in [0, 0.05) is 0 Å². The number of sulfonamides is 1. The highest BCUT2D eigenvalue weighted by Crippen LogP contribution is 2.25. The summed E-state index contributed by atoms with van der Waals surface area (Å²) in [6, 6.07) is 2.42. The normalized spacial score (nSPS) is 11.4. The van der Waals surface area contributed by atoms with E-state index in [-0.39, 0.29) is 10.7 Å². The average molecular weight is 238 g/mol. The largest absolute Gasteiger partial charge is 0.282 e. The number of nitrogens with one attached hydrogen (secondary N) is 1. The molecule has 0 amide bonds. The lowest BCUT2D eigenvalue weighted by molar-refractivity contribution is 0.606. The van der Waals surface area contributed by atoms with E-state index >= 15 is 0 Å². The molecule has 1 aromatic rings. The van der Waals surface area contributed by atoms with Crippen molar-refractivity contribution in [3.63, 3.8) is 0 Å². The molecule has 0 unspecified atom stereocenters. The molecule has 0 radical (unpaired) electrons. The lowest BCUT2D eigenvalue weighted by Crippen LogP contribution is -2.10. The fourth-order valence-electron chi connectivity index (χ4n) is 0.935. The molecule has 0 atom stereocenters. The van der Waals surface area contributed by atoms with E-state index in [9.17, 15) is 12.8 Å². The van der Waals surface area contributed by atoms with Crippen LogP contribution in [0.5, 0.6) is 0 Å². The lowest BCUT2D eigenvalue weighted by atomic mass is 10.2. The smallest absolute Gasteiger partial charge is 0.229 e. The number of aryl methyl sites for hydroxylation is 1. The van der Waals surface area contributed by atoms with Gasteiger partial charge in [0.2, 0.25) is 10.0 Å². The van der Waals surface area contributed by atoms with Crippen LogP contribution in [0.4, 0.5) is 10.1 Å². The SMILES string of the molecule is Cc1cc(NS(C)(=O)=O)c(Cl)cc1F. The number of anilines is 1. The summed E-state index contributed by atoms with van der Waals surface area (Å²) >= 11 is 5.64. The van der Waals surface area contributed by atoms with Gasteiger partial charge in [0.05, 0.1) is 17.0 Å². The van der Waals surface area contributed by atoms with Crippen molar-refractivity contribution in [1.29, 1.82) is 0 Å². The number of benzene rings is 1. The van der Waals surface area contributed by atoms with Gasteiger partial charge in [-0.1, -0.05) is 11.6 Å². The molecule has 78 valence electrons. The Bertz CT molecular complexity index is 459. The summed E-state index contributed by atoms with van der Waals surface area (Å²) in [5.41, 5.74) is 0.522. The van der Waals surface area contributed by atoms with Gasteiger partial charge >= 0.3 is 0 Å². The van der Waals surface area contributed by atoms with Crippen LogP contribution >= 0.6 is 11.6 Å². The van der Waals surface area contributed by atoms with Crippen LogP contribution in [0.1, 0.15) is 5.56 Å². The molecule has 0 aliphatic heterocycles. The summed E-state index contributed by atoms with van der Waals surface area (Å²) in [6.07, 6.45) is 1.00. The van der Waals surface area contributed by atoms with E-state index in [0.29, 0.717) is 5.56 Å². The van der Waals surface area contributed by atoms with Crippen molar-refractivity contribution < 1.29 is 12.8 Å². The van der Waals surface area contributed by atoms with Gasteiger partial charge in [-0.25, -0.2) is 12.8 Å². The highest BCUT2D eigenvalue weighted by atomic mass is 35.5. The third-order valence-electron chi connectivity index (χ3n) is 1.54. The number of halogens is 2. The quantitative estimate of drug-likeness (QED) is 0.857. The standard InChI is InChI=1S/C8H9ClFNO2S/c1-5-3-8(11-14(2,12)13)6(9)4-7(5)10/h3-4,11H,1-2H3. The van der Waals surface area contributed by atoms with Crippen molar-refractivity contribution >= 4 is 27.3 Å². The first-order valence-electron chi connectivity index (χ1n) is 3.73. The zero-order chi connectivity index (χ0) is 10.9. The van der Waals surface area contributed by atoms with Crippen molar-refractivity contribution in [3.8, 4) is 0 Å². The average Bonchev–Trinajstić information content (AvgIpc) is 1.97. The first-order valence-corrected chi connectivity index (χ1v) is 6.00. The maximum Gasteiger partial charge on any atom is 0.229 e.